The molecule has 1 saturated heterocycles. The number of aromatic amines is 1. The Morgan fingerprint density at radius 1 is 1.18 bits per heavy atom. The van der Waals surface area contributed by atoms with Gasteiger partial charge in [0.05, 0.1) is 11.4 Å². The van der Waals surface area contributed by atoms with Crippen LogP contribution < -0.4 is 0 Å². The standard InChI is InChI=1S/C22H25FN4O/c1-26-11-13-27(14-12-26)21(28)7-4-5-17-18-15-16(23)8-9-19(18)25-22(17)20-6-2-3-10-24-20/h2-3,6,8-10,15,25H,4-5,7,11-14H2,1H3. The highest BCUT2D eigenvalue weighted by atomic mass is 19.1. The summed E-state index contributed by atoms with van der Waals surface area (Å²) in [5, 5.41) is 0.868. The van der Waals surface area contributed by atoms with E-state index in [1.165, 1.54) is 6.07 Å². The van der Waals surface area contributed by atoms with Gasteiger partial charge in [0.1, 0.15) is 5.82 Å². The number of nitrogens with zero attached hydrogens (tertiary/aromatic N) is 3. The van der Waals surface area contributed by atoms with Gasteiger partial charge in [-0.2, -0.15) is 0 Å². The van der Waals surface area contributed by atoms with Gasteiger partial charge in [-0.3, -0.25) is 9.78 Å². The highest BCUT2D eigenvalue weighted by Crippen LogP contribution is 2.31. The Morgan fingerprint density at radius 2 is 2.00 bits per heavy atom. The molecule has 0 saturated carbocycles. The molecule has 6 heteroatoms. The van der Waals surface area contributed by atoms with Crippen LogP contribution in [0.15, 0.2) is 42.6 Å². The van der Waals surface area contributed by atoms with E-state index in [-0.39, 0.29) is 11.7 Å². The van der Waals surface area contributed by atoms with Crippen molar-refractivity contribution in [1.82, 2.24) is 19.8 Å². The first-order chi connectivity index (χ1) is 13.6. The molecule has 1 aliphatic heterocycles. The van der Waals surface area contributed by atoms with E-state index in [1.807, 2.05) is 23.1 Å². The van der Waals surface area contributed by atoms with E-state index < -0.39 is 0 Å². The van der Waals surface area contributed by atoms with Gasteiger partial charge in [-0.1, -0.05) is 6.07 Å². The molecule has 0 atom stereocenters. The van der Waals surface area contributed by atoms with Crippen molar-refractivity contribution in [2.45, 2.75) is 19.3 Å². The minimum absolute atomic E-state index is 0.207. The lowest BCUT2D eigenvalue weighted by atomic mass is 10.0. The van der Waals surface area contributed by atoms with Crippen molar-refractivity contribution < 1.29 is 9.18 Å². The average Bonchev–Trinajstić information content (AvgIpc) is 3.07. The Labute approximate surface area is 164 Å². The molecule has 3 heterocycles. The maximum atomic E-state index is 13.9. The van der Waals surface area contributed by atoms with E-state index >= 15 is 0 Å². The van der Waals surface area contributed by atoms with Crippen molar-refractivity contribution in [3.63, 3.8) is 0 Å². The third-order valence-corrected chi connectivity index (χ3v) is 5.46. The van der Waals surface area contributed by atoms with Crippen molar-refractivity contribution in [2.75, 3.05) is 33.2 Å². The van der Waals surface area contributed by atoms with Crippen LogP contribution in [0, 0.1) is 5.82 Å². The van der Waals surface area contributed by atoms with Gasteiger partial charge in [0.25, 0.3) is 0 Å². The molecule has 146 valence electrons. The first-order valence-electron chi connectivity index (χ1n) is 9.79. The molecule has 1 aromatic carbocycles. The molecule has 1 amide bonds. The lowest BCUT2D eigenvalue weighted by molar-refractivity contribution is -0.132. The molecule has 0 unspecified atom stereocenters. The van der Waals surface area contributed by atoms with Crippen LogP contribution in [-0.4, -0.2) is 58.9 Å². The van der Waals surface area contributed by atoms with Crippen molar-refractivity contribution in [3.05, 3.63) is 54.0 Å². The minimum atomic E-state index is -0.256. The van der Waals surface area contributed by atoms with Crippen molar-refractivity contribution >= 4 is 16.8 Å². The number of amides is 1. The van der Waals surface area contributed by atoms with Crippen molar-refractivity contribution in [2.24, 2.45) is 0 Å². The summed E-state index contributed by atoms with van der Waals surface area (Å²) in [6.07, 6.45) is 3.69. The molecular weight excluding hydrogens is 355 g/mol. The molecule has 0 bridgehead atoms. The zero-order chi connectivity index (χ0) is 19.5. The molecule has 4 rings (SSSR count). The summed E-state index contributed by atoms with van der Waals surface area (Å²) in [5.41, 5.74) is 3.66. The number of hydrogen-bond acceptors (Lipinski definition) is 3. The number of carbonyl (C=O) groups excluding carboxylic acids is 1. The van der Waals surface area contributed by atoms with Crippen LogP contribution in [0.4, 0.5) is 4.39 Å². The van der Waals surface area contributed by atoms with E-state index in [9.17, 15) is 9.18 Å². The Kier molecular flexibility index (Phi) is 5.39. The van der Waals surface area contributed by atoms with E-state index in [0.29, 0.717) is 12.8 Å². The Morgan fingerprint density at radius 3 is 2.75 bits per heavy atom. The van der Waals surface area contributed by atoms with Gasteiger partial charge in [0.15, 0.2) is 0 Å². The number of aryl methyl sites for hydroxylation is 1. The molecular formula is C22H25FN4O. The zero-order valence-corrected chi connectivity index (χ0v) is 16.1. The molecule has 0 aliphatic carbocycles. The first-order valence-corrected chi connectivity index (χ1v) is 9.79. The molecule has 0 spiro atoms. The summed E-state index contributed by atoms with van der Waals surface area (Å²) in [7, 11) is 2.08. The fraction of sp³-hybridized carbons (Fsp3) is 0.364. The number of fused-ring (bicyclic) bond motifs is 1. The van der Waals surface area contributed by atoms with E-state index in [2.05, 4.69) is 21.9 Å². The Balaban J connectivity index is 1.52. The number of benzene rings is 1. The Hall–Kier alpha value is -2.73. The van der Waals surface area contributed by atoms with Crippen LogP contribution in [0.3, 0.4) is 0 Å². The van der Waals surface area contributed by atoms with Gasteiger partial charge in [0, 0.05) is 49.7 Å². The zero-order valence-electron chi connectivity index (χ0n) is 16.1. The number of carbonyl (C=O) groups is 1. The number of nitrogens with one attached hydrogen (secondary N) is 1. The van der Waals surface area contributed by atoms with Gasteiger partial charge in [-0.15, -0.1) is 0 Å². The lowest BCUT2D eigenvalue weighted by Crippen LogP contribution is -2.47. The summed E-state index contributed by atoms with van der Waals surface area (Å²) in [4.78, 5) is 24.6. The van der Waals surface area contributed by atoms with Gasteiger partial charge in [-0.25, -0.2) is 4.39 Å². The maximum Gasteiger partial charge on any atom is 0.222 e. The minimum Gasteiger partial charge on any atom is -0.353 e. The number of halogens is 1. The molecule has 1 aliphatic rings. The average molecular weight is 380 g/mol. The second kappa shape index (κ2) is 8.10. The molecule has 1 N–H and O–H groups in total. The van der Waals surface area contributed by atoms with Crippen LogP contribution in [0.25, 0.3) is 22.3 Å². The molecule has 1 fully saturated rings. The highest BCUT2D eigenvalue weighted by molar-refractivity contribution is 5.90. The van der Waals surface area contributed by atoms with Gasteiger partial charge in [-0.05, 0) is 55.8 Å². The molecule has 0 radical (unpaired) electrons. The van der Waals surface area contributed by atoms with E-state index in [0.717, 1.165) is 60.5 Å². The number of hydrogen-bond donors (Lipinski definition) is 1. The predicted molar refractivity (Wildman–Crippen MR) is 109 cm³/mol. The largest absolute Gasteiger partial charge is 0.353 e. The normalized spacial score (nSPS) is 15.3. The van der Waals surface area contributed by atoms with E-state index in [1.54, 1.807) is 18.3 Å². The summed E-state index contributed by atoms with van der Waals surface area (Å²) in [5.74, 6) is -0.0488. The van der Waals surface area contributed by atoms with Crippen LogP contribution in [0.5, 0.6) is 0 Å². The monoisotopic (exact) mass is 380 g/mol. The number of piperazine rings is 1. The predicted octanol–water partition coefficient (Wildman–Crippen LogP) is 3.47. The van der Waals surface area contributed by atoms with Crippen LogP contribution in [0.2, 0.25) is 0 Å². The quantitative estimate of drug-likeness (QED) is 0.737. The summed E-state index contributed by atoms with van der Waals surface area (Å²) in [6, 6.07) is 10.5. The highest BCUT2D eigenvalue weighted by Gasteiger charge is 2.20. The van der Waals surface area contributed by atoms with Crippen LogP contribution in [0.1, 0.15) is 18.4 Å². The molecule has 2 aromatic heterocycles. The maximum absolute atomic E-state index is 13.9. The first kappa shape index (κ1) is 18.6. The van der Waals surface area contributed by atoms with Gasteiger partial charge < -0.3 is 14.8 Å². The molecule has 5 nitrogen and oxygen atoms in total. The SMILES string of the molecule is CN1CCN(C(=O)CCCc2c(-c3ccccn3)[nH]c3ccc(F)cc23)CC1. The van der Waals surface area contributed by atoms with E-state index in [4.69, 9.17) is 0 Å². The lowest BCUT2D eigenvalue weighted by Gasteiger charge is -2.32. The third kappa shape index (κ3) is 3.92. The number of aromatic nitrogens is 2. The van der Waals surface area contributed by atoms with Crippen molar-refractivity contribution in [1.29, 1.82) is 0 Å². The summed E-state index contributed by atoms with van der Waals surface area (Å²) >= 11 is 0. The second-order valence-electron chi connectivity index (χ2n) is 7.42. The second-order valence-corrected chi connectivity index (χ2v) is 7.42. The number of likely N-dealkylation sites (N-methyl/N-ethyl adjacent to an activating group) is 1. The third-order valence-electron chi connectivity index (χ3n) is 5.46. The Bertz CT molecular complexity index is 961. The van der Waals surface area contributed by atoms with Crippen LogP contribution in [-0.2, 0) is 11.2 Å². The number of pyridine rings is 1. The smallest absolute Gasteiger partial charge is 0.222 e. The van der Waals surface area contributed by atoms with Crippen LogP contribution >= 0.6 is 0 Å². The van der Waals surface area contributed by atoms with Gasteiger partial charge in [0.2, 0.25) is 5.91 Å². The topological polar surface area (TPSA) is 52.2 Å². The summed E-state index contributed by atoms with van der Waals surface area (Å²) in [6.45, 7) is 3.45. The summed E-state index contributed by atoms with van der Waals surface area (Å²) < 4.78 is 13.9. The van der Waals surface area contributed by atoms with Crippen molar-refractivity contribution in [3.8, 4) is 11.4 Å². The fourth-order valence-electron chi connectivity index (χ4n) is 3.84. The number of rotatable bonds is 5. The van der Waals surface area contributed by atoms with Gasteiger partial charge >= 0.3 is 0 Å². The fourth-order valence-corrected chi connectivity index (χ4v) is 3.84. The molecule has 3 aromatic rings. The molecule has 28 heavy (non-hydrogen) atoms. The number of H-pyrrole nitrogens is 1.